The van der Waals surface area contributed by atoms with Crippen molar-refractivity contribution in [2.24, 2.45) is 5.92 Å². The summed E-state index contributed by atoms with van der Waals surface area (Å²) in [7, 11) is 0. The first kappa shape index (κ1) is 13.7. The molecule has 0 saturated carbocycles. The highest BCUT2D eigenvalue weighted by Crippen LogP contribution is 2.25. The van der Waals surface area contributed by atoms with Gasteiger partial charge in [0, 0.05) is 4.88 Å². The van der Waals surface area contributed by atoms with Crippen LogP contribution in [0.4, 0.5) is 0 Å². The van der Waals surface area contributed by atoms with E-state index >= 15 is 0 Å². The molecule has 7 heteroatoms. The molecule has 0 radical (unpaired) electrons. The monoisotopic (exact) mass is 279 g/mol. The third kappa shape index (κ3) is 4.13. The van der Waals surface area contributed by atoms with Gasteiger partial charge in [-0.3, -0.25) is 4.79 Å². The summed E-state index contributed by atoms with van der Waals surface area (Å²) in [4.78, 5) is 13.2. The molecule has 0 aliphatic rings. The standard InChI is InChI=1S/C12H17N5OS/c1-9(2)6-10(11-4-3-5-19-11)14-12(18)7-17-8-13-15-16-17/h3-5,8-10H,6-7H2,1-2H3,(H,14,18)/t10-/m1/s1. The molecule has 0 saturated heterocycles. The number of hydrogen-bond acceptors (Lipinski definition) is 5. The van der Waals surface area contributed by atoms with Gasteiger partial charge in [0.25, 0.3) is 0 Å². The van der Waals surface area contributed by atoms with Crippen molar-refractivity contribution in [1.29, 1.82) is 0 Å². The Hall–Kier alpha value is -1.76. The number of carbonyl (C=O) groups is 1. The summed E-state index contributed by atoms with van der Waals surface area (Å²) in [5, 5.41) is 15.8. The molecule has 2 heterocycles. The van der Waals surface area contributed by atoms with Gasteiger partial charge in [-0.25, -0.2) is 4.68 Å². The Bertz CT molecular complexity index is 494. The van der Waals surface area contributed by atoms with E-state index in [2.05, 4.69) is 40.8 Å². The summed E-state index contributed by atoms with van der Waals surface area (Å²) >= 11 is 1.66. The van der Waals surface area contributed by atoms with Crippen molar-refractivity contribution in [1.82, 2.24) is 25.5 Å². The van der Waals surface area contributed by atoms with Crippen molar-refractivity contribution in [3.63, 3.8) is 0 Å². The van der Waals surface area contributed by atoms with Crippen molar-refractivity contribution in [2.45, 2.75) is 32.9 Å². The summed E-state index contributed by atoms with van der Waals surface area (Å²) < 4.78 is 1.41. The molecule has 102 valence electrons. The topological polar surface area (TPSA) is 72.7 Å². The summed E-state index contributed by atoms with van der Waals surface area (Å²) in [6, 6.07) is 4.11. The molecule has 0 aromatic carbocycles. The number of carbonyl (C=O) groups excluding carboxylic acids is 1. The third-order valence-corrected chi connectivity index (χ3v) is 3.61. The van der Waals surface area contributed by atoms with E-state index in [1.165, 1.54) is 15.9 Å². The number of hydrogen-bond donors (Lipinski definition) is 1. The van der Waals surface area contributed by atoms with E-state index in [0.29, 0.717) is 5.92 Å². The normalized spacial score (nSPS) is 12.6. The van der Waals surface area contributed by atoms with E-state index in [1.807, 2.05) is 11.4 Å². The number of thiophene rings is 1. The highest BCUT2D eigenvalue weighted by Gasteiger charge is 2.17. The second-order valence-electron chi connectivity index (χ2n) is 4.77. The smallest absolute Gasteiger partial charge is 0.242 e. The molecule has 0 fully saturated rings. The van der Waals surface area contributed by atoms with Gasteiger partial charge < -0.3 is 5.32 Å². The molecule has 0 bridgehead atoms. The molecule has 0 spiro atoms. The Kier molecular flexibility index (Phi) is 4.62. The lowest BCUT2D eigenvalue weighted by molar-refractivity contribution is -0.122. The maximum absolute atomic E-state index is 12.0. The highest BCUT2D eigenvalue weighted by molar-refractivity contribution is 7.10. The lowest BCUT2D eigenvalue weighted by atomic mass is 10.0. The summed E-state index contributed by atoms with van der Waals surface area (Å²) in [6.45, 7) is 4.44. The van der Waals surface area contributed by atoms with E-state index in [-0.39, 0.29) is 18.5 Å². The van der Waals surface area contributed by atoms with Gasteiger partial charge in [0.15, 0.2) is 0 Å². The molecular weight excluding hydrogens is 262 g/mol. The van der Waals surface area contributed by atoms with Crippen LogP contribution in [-0.2, 0) is 11.3 Å². The summed E-state index contributed by atoms with van der Waals surface area (Å²) in [5.74, 6) is 0.437. The van der Waals surface area contributed by atoms with E-state index in [1.54, 1.807) is 11.3 Å². The SMILES string of the molecule is CC(C)C[C@@H](NC(=O)Cn1cnnn1)c1cccs1. The number of aromatic nitrogens is 4. The van der Waals surface area contributed by atoms with Gasteiger partial charge in [0.05, 0.1) is 6.04 Å². The zero-order valence-electron chi connectivity index (χ0n) is 11.0. The average Bonchev–Trinajstić information content (AvgIpc) is 2.99. The van der Waals surface area contributed by atoms with Gasteiger partial charge in [-0.1, -0.05) is 19.9 Å². The highest BCUT2D eigenvalue weighted by atomic mass is 32.1. The minimum Gasteiger partial charge on any atom is -0.347 e. The minimum absolute atomic E-state index is 0.0592. The third-order valence-electron chi connectivity index (χ3n) is 2.63. The molecule has 1 amide bonds. The summed E-state index contributed by atoms with van der Waals surface area (Å²) in [6.07, 6.45) is 2.35. The van der Waals surface area contributed by atoms with Crippen molar-refractivity contribution >= 4 is 17.2 Å². The molecule has 2 aromatic heterocycles. The fourth-order valence-corrected chi connectivity index (χ4v) is 2.64. The van der Waals surface area contributed by atoms with E-state index < -0.39 is 0 Å². The van der Waals surface area contributed by atoms with Crippen LogP contribution in [-0.4, -0.2) is 26.1 Å². The Labute approximate surface area is 115 Å². The maximum atomic E-state index is 12.0. The predicted octanol–water partition coefficient (Wildman–Crippen LogP) is 1.64. The quantitative estimate of drug-likeness (QED) is 0.872. The van der Waals surface area contributed by atoms with Gasteiger partial charge >= 0.3 is 0 Å². The Morgan fingerprint density at radius 2 is 2.37 bits per heavy atom. The predicted molar refractivity (Wildman–Crippen MR) is 72.5 cm³/mol. The lowest BCUT2D eigenvalue weighted by Crippen LogP contribution is -2.32. The maximum Gasteiger partial charge on any atom is 0.242 e. The Morgan fingerprint density at radius 3 is 2.95 bits per heavy atom. The molecular formula is C12H17N5OS. The Balaban J connectivity index is 1.97. The van der Waals surface area contributed by atoms with Gasteiger partial charge in [-0.05, 0) is 34.2 Å². The fraction of sp³-hybridized carbons (Fsp3) is 0.500. The van der Waals surface area contributed by atoms with Crippen LogP contribution in [0.2, 0.25) is 0 Å². The molecule has 1 atom stereocenters. The van der Waals surface area contributed by atoms with Crippen molar-refractivity contribution in [3.8, 4) is 0 Å². The second-order valence-corrected chi connectivity index (χ2v) is 5.75. The van der Waals surface area contributed by atoms with Gasteiger partial charge in [-0.2, -0.15) is 0 Å². The first-order valence-corrected chi connectivity index (χ1v) is 7.06. The van der Waals surface area contributed by atoms with Crippen molar-refractivity contribution in [2.75, 3.05) is 0 Å². The van der Waals surface area contributed by atoms with E-state index in [0.717, 1.165) is 6.42 Å². The number of rotatable bonds is 6. The summed E-state index contributed by atoms with van der Waals surface area (Å²) in [5.41, 5.74) is 0. The molecule has 19 heavy (non-hydrogen) atoms. The largest absolute Gasteiger partial charge is 0.347 e. The number of amides is 1. The molecule has 6 nitrogen and oxygen atoms in total. The van der Waals surface area contributed by atoms with Gasteiger partial charge in [0.1, 0.15) is 12.9 Å². The number of nitrogens with one attached hydrogen (secondary N) is 1. The Morgan fingerprint density at radius 1 is 1.53 bits per heavy atom. The average molecular weight is 279 g/mol. The number of tetrazole rings is 1. The van der Waals surface area contributed by atoms with Crippen LogP contribution in [0.15, 0.2) is 23.8 Å². The van der Waals surface area contributed by atoms with Crippen LogP contribution in [0.25, 0.3) is 0 Å². The van der Waals surface area contributed by atoms with Crippen molar-refractivity contribution < 1.29 is 4.79 Å². The fourth-order valence-electron chi connectivity index (χ4n) is 1.85. The van der Waals surface area contributed by atoms with Crippen LogP contribution >= 0.6 is 11.3 Å². The zero-order chi connectivity index (χ0) is 13.7. The molecule has 2 aromatic rings. The van der Waals surface area contributed by atoms with Gasteiger partial charge in [-0.15, -0.1) is 16.4 Å². The van der Waals surface area contributed by atoms with Crippen LogP contribution in [0.3, 0.4) is 0 Å². The molecule has 0 unspecified atom stereocenters. The van der Waals surface area contributed by atoms with Crippen LogP contribution < -0.4 is 5.32 Å². The lowest BCUT2D eigenvalue weighted by Gasteiger charge is -2.19. The molecule has 2 rings (SSSR count). The van der Waals surface area contributed by atoms with Crippen LogP contribution in [0.5, 0.6) is 0 Å². The van der Waals surface area contributed by atoms with Crippen LogP contribution in [0.1, 0.15) is 31.2 Å². The molecule has 0 aliphatic carbocycles. The van der Waals surface area contributed by atoms with E-state index in [9.17, 15) is 4.79 Å². The first-order valence-electron chi connectivity index (χ1n) is 6.18. The van der Waals surface area contributed by atoms with Crippen molar-refractivity contribution in [3.05, 3.63) is 28.7 Å². The minimum atomic E-state index is -0.0775. The molecule has 1 N–H and O–H groups in total. The molecule has 0 aliphatic heterocycles. The zero-order valence-corrected chi connectivity index (χ0v) is 11.8. The first-order chi connectivity index (χ1) is 9.15. The van der Waals surface area contributed by atoms with Crippen LogP contribution in [0, 0.1) is 5.92 Å². The second kappa shape index (κ2) is 6.42. The van der Waals surface area contributed by atoms with E-state index in [4.69, 9.17) is 0 Å². The number of nitrogens with zero attached hydrogens (tertiary/aromatic N) is 4. The van der Waals surface area contributed by atoms with Gasteiger partial charge in [0.2, 0.25) is 5.91 Å².